The SMILES string of the molecule is Cc1ocnc1CN(C)C1CNC1. The maximum atomic E-state index is 5.14. The molecule has 1 fully saturated rings. The van der Waals surface area contributed by atoms with Crippen LogP contribution in [0.3, 0.4) is 0 Å². The second-order valence-electron chi connectivity index (χ2n) is 3.58. The molecular weight excluding hydrogens is 166 g/mol. The van der Waals surface area contributed by atoms with Gasteiger partial charge in [0.15, 0.2) is 6.39 Å². The number of hydrogen-bond donors (Lipinski definition) is 1. The zero-order chi connectivity index (χ0) is 9.26. The third kappa shape index (κ3) is 1.73. The van der Waals surface area contributed by atoms with Crippen molar-refractivity contribution in [3.63, 3.8) is 0 Å². The van der Waals surface area contributed by atoms with Crippen molar-refractivity contribution >= 4 is 0 Å². The first-order valence-electron chi connectivity index (χ1n) is 4.57. The molecule has 0 unspecified atom stereocenters. The summed E-state index contributed by atoms with van der Waals surface area (Å²) in [5.41, 5.74) is 1.05. The molecule has 0 aliphatic carbocycles. The van der Waals surface area contributed by atoms with E-state index < -0.39 is 0 Å². The Labute approximate surface area is 77.9 Å². The minimum Gasteiger partial charge on any atom is -0.448 e. The van der Waals surface area contributed by atoms with Crippen molar-refractivity contribution in [2.45, 2.75) is 19.5 Å². The Morgan fingerprint density at radius 1 is 1.69 bits per heavy atom. The van der Waals surface area contributed by atoms with Crippen molar-refractivity contribution < 1.29 is 4.42 Å². The lowest BCUT2D eigenvalue weighted by Gasteiger charge is -2.35. The minimum atomic E-state index is 0.663. The molecule has 1 N–H and O–H groups in total. The van der Waals surface area contributed by atoms with Crippen LogP contribution in [0.25, 0.3) is 0 Å². The van der Waals surface area contributed by atoms with Gasteiger partial charge in [-0.25, -0.2) is 4.98 Å². The Morgan fingerprint density at radius 2 is 2.46 bits per heavy atom. The topological polar surface area (TPSA) is 41.3 Å². The molecule has 0 bridgehead atoms. The van der Waals surface area contributed by atoms with Gasteiger partial charge in [-0.05, 0) is 14.0 Å². The summed E-state index contributed by atoms with van der Waals surface area (Å²) >= 11 is 0. The highest BCUT2D eigenvalue weighted by Gasteiger charge is 2.22. The van der Waals surface area contributed by atoms with E-state index in [1.165, 1.54) is 6.39 Å². The Balaban J connectivity index is 1.93. The molecule has 2 rings (SSSR count). The van der Waals surface area contributed by atoms with Crippen molar-refractivity contribution in [1.29, 1.82) is 0 Å². The van der Waals surface area contributed by atoms with Gasteiger partial charge in [-0.3, -0.25) is 4.90 Å². The van der Waals surface area contributed by atoms with Crippen LogP contribution in [0.15, 0.2) is 10.8 Å². The zero-order valence-electron chi connectivity index (χ0n) is 8.08. The standard InChI is InChI=1S/C9H15N3O/c1-7-9(11-6-13-7)5-12(2)8-3-10-4-8/h6,8,10H,3-5H2,1-2H3. The molecule has 0 spiro atoms. The predicted octanol–water partition coefficient (Wildman–Crippen LogP) is 0.387. The maximum absolute atomic E-state index is 5.14. The van der Waals surface area contributed by atoms with Crippen LogP contribution in [0.2, 0.25) is 0 Å². The van der Waals surface area contributed by atoms with Gasteiger partial charge >= 0.3 is 0 Å². The first-order valence-corrected chi connectivity index (χ1v) is 4.57. The molecule has 1 aromatic rings. The van der Waals surface area contributed by atoms with Crippen LogP contribution >= 0.6 is 0 Å². The number of likely N-dealkylation sites (N-methyl/N-ethyl adjacent to an activating group) is 1. The molecule has 1 saturated heterocycles. The molecule has 13 heavy (non-hydrogen) atoms. The van der Waals surface area contributed by atoms with Crippen LogP contribution in [0.5, 0.6) is 0 Å². The van der Waals surface area contributed by atoms with Crippen LogP contribution in [0.4, 0.5) is 0 Å². The van der Waals surface area contributed by atoms with Crippen molar-refractivity contribution in [1.82, 2.24) is 15.2 Å². The van der Waals surface area contributed by atoms with Gasteiger partial charge in [0.05, 0.1) is 5.69 Å². The summed E-state index contributed by atoms with van der Waals surface area (Å²) in [6.07, 6.45) is 1.51. The lowest BCUT2D eigenvalue weighted by Crippen LogP contribution is -2.55. The largest absolute Gasteiger partial charge is 0.448 e. The van der Waals surface area contributed by atoms with Crippen LogP contribution in [0, 0.1) is 6.92 Å². The van der Waals surface area contributed by atoms with Gasteiger partial charge in [0.25, 0.3) is 0 Å². The normalized spacial score (nSPS) is 17.8. The van der Waals surface area contributed by atoms with Crippen LogP contribution in [-0.2, 0) is 6.54 Å². The van der Waals surface area contributed by atoms with Gasteiger partial charge in [0.2, 0.25) is 0 Å². The summed E-state index contributed by atoms with van der Waals surface area (Å²) in [7, 11) is 2.12. The summed E-state index contributed by atoms with van der Waals surface area (Å²) in [5, 5.41) is 3.25. The highest BCUT2D eigenvalue weighted by atomic mass is 16.3. The van der Waals surface area contributed by atoms with Crippen molar-refractivity contribution in [2.75, 3.05) is 20.1 Å². The summed E-state index contributed by atoms with van der Waals surface area (Å²) in [6.45, 7) is 5.02. The minimum absolute atomic E-state index is 0.663. The third-order valence-electron chi connectivity index (χ3n) is 2.63. The highest BCUT2D eigenvalue weighted by molar-refractivity contribution is 5.05. The van der Waals surface area contributed by atoms with Gasteiger partial charge in [-0.15, -0.1) is 0 Å². The van der Waals surface area contributed by atoms with Crippen LogP contribution < -0.4 is 5.32 Å². The second-order valence-corrected chi connectivity index (χ2v) is 3.58. The molecule has 1 aliphatic rings. The Bertz CT molecular complexity index is 280. The molecule has 0 radical (unpaired) electrons. The number of nitrogens with one attached hydrogen (secondary N) is 1. The molecule has 0 saturated carbocycles. The molecular formula is C9H15N3O. The fraction of sp³-hybridized carbons (Fsp3) is 0.667. The smallest absolute Gasteiger partial charge is 0.181 e. The monoisotopic (exact) mass is 181 g/mol. The van der Waals surface area contributed by atoms with E-state index in [9.17, 15) is 0 Å². The summed E-state index contributed by atoms with van der Waals surface area (Å²) in [5.74, 6) is 0.930. The van der Waals surface area contributed by atoms with E-state index in [1.807, 2.05) is 6.92 Å². The Kier molecular flexibility index (Phi) is 2.33. The molecule has 0 atom stereocenters. The summed E-state index contributed by atoms with van der Waals surface area (Å²) < 4.78 is 5.14. The summed E-state index contributed by atoms with van der Waals surface area (Å²) in [6, 6.07) is 0.663. The molecule has 1 aliphatic heterocycles. The number of hydrogen-bond acceptors (Lipinski definition) is 4. The maximum Gasteiger partial charge on any atom is 0.181 e. The molecule has 0 amide bonds. The quantitative estimate of drug-likeness (QED) is 0.732. The zero-order valence-corrected chi connectivity index (χ0v) is 8.08. The highest BCUT2D eigenvalue weighted by Crippen LogP contribution is 2.10. The average molecular weight is 181 g/mol. The van der Waals surface area contributed by atoms with Gasteiger partial charge in [0.1, 0.15) is 5.76 Å². The van der Waals surface area contributed by atoms with E-state index in [2.05, 4.69) is 22.2 Å². The Hall–Kier alpha value is -0.870. The van der Waals surface area contributed by atoms with E-state index in [0.717, 1.165) is 31.1 Å². The van der Waals surface area contributed by atoms with E-state index in [1.54, 1.807) is 0 Å². The average Bonchev–Trinajstić information content (AvgIpc) is 2.32. The first kappa shape index (κ1) is 8.72. The van der Waals surface area contributed by atoms with Gasteiger partial charge in [-0.2, -0.15) is 0 Å². The molecule has 72 valence electrons. The summed E-state index contributed by atoms with van der Waals surface area (Å²) in [4.78, 5) is 6.47. The molecule has 4 heteroatoms. The van der Waals surface area contributed by atoms with Gasteiger partial charge in [0, 0.05) is 25.7 Å². The fourth-order valence-electron chi connectivity index (χ4n) is 1.43. The molecule has 1 aromatic heterocycles. The van der Waals surface area contributed by atoms with Crippen LogP contribution in [-0.4, -0.2) is 36.1 Å². The van der Waals surface area contributed by atoms with E-state index >= 15 is 0 Å². The lowest BCUT2D eigenvalue weighted by molar-refractivity contribution is 0.171. The number of oxazole rings is 1. The first-order chi connectivity index (χ1) is 6.27. The van der Waals surface area contributed by atoms with Crippen molar-refractivity contribution in [3.05, 3.63) is 17.8 Å². The number of aryl methyl sites for hydroxylation is 1. The van der Waals surface area contributed by atoms with Crippen LogP contribution in [0.1, 0.15) is 11.5 Å². The van der Waals surface area contributed by atoms with Crippen molar-refractivity contribution in [2.24, 2.45) is 0 Å². The van der Waals surface area contributed by atoms with Crippen molar-refractivity contribution in [3.8, 4) is 0 Å². The third-order valence-corrected chi connectivity index (χ3v) is 2.63. The van der Waals surface area contributed by atoms with Gasteiger partial charge in [-0.1, -0.05) is 0 Å². The molecule has 2 heterocycles. The number of nitrogens with zero attached hydrogens (tertiary/aromatic N) is 2. The fourth-order valence-corrected chi connectivity index (χ4v) is 1.43. The van der Waals surface area contributed by atoms with E-state index in [0.29, 0.717) is 6.04 Å². The van der Waals surface area contributed by atoms with E-state index in [-0.39, 0.29) is 0 Å². The molecule has 0 aromatic carbocycles. The second kappa shape index (κ2) is 3.47. The van der Waals surface area contributed by atoms with E-state index in [4.69, 9.17) is 4.42 Å². The Morgan fingerprint density at radius 3 is 2.92 bits per heavy atom. The predicted molar refractivity (Wildman–Crippen MR) is 49.4 cm³/mol. The molecule has 4 nitrogen and oxygen atoms in total. The van der Waals surface area contributed by atoms with Gasteiger partial charge < -0.3 is 9.73 Å². The lowest BCUT2D eigenvalue weighted by atomic mass is 10.1. The number of aromatic nitrogens is 1. The number of rotatable bonds is 3.